The maximum Gasteiger partial charge on any atom is 0.305 e. The molecule has 2 aromatic rings. The van der Waals surface area contributed by atoms with Crippen molar-refractivity contribution in [3.05, 3.63) is 42.4 Å². The van der Waals surface area contributed by atoms with Crippen LogP contribution in [0.3, 0.4) is 0 Å². The molecule has 1 heterocycles. The van der Waals surface area contributed by atoms with Crippen LogP contribution in [0.1, 0.15) is 18.3 Å². The van der Waals surface area contributed by atoms with E-state index >= 15 is 0 Å². The summed E-state index contributed by atoms with van der Waals surface area (Å²) in [5.41, 5.74) is 7.54. The van der Waals surface area contributed by atoms with Crippen molar-refractivity contribution >= 4 is 5.97 Å². The molecular formula is C12H13N3O2. The van der Waals surface area contributed by atoms with E-state index in [0.29, 0.717) is 5.82 Å². The monoisotopic (exact) mass is 231 g/mol. The average Bonchev–Trinajstić information content (AvgIpc) is 2.78. The number of benzene rings is 1. The highest BCUT2D eigenvalue weighted by Crippen LogP contribution is 2.19. The fourth-order valence-corrected chi connectivity index (χ4v) is 1.57. The highest BCUT2D eigenvalue weighted by atomic mass is 16.4. The normalized spacial score (nSPS) is 12.3. The lowest BCUT2D eigenvalue weighted by molar-refractivity contribution is -0.137. The van der Waals surface area contributed by atoms with Crippen LogP contribution in [0.15, 0.2) is 36.5 Å². The number of aromatic nitrogens is 2. The Bertz CT molecular complexity index is 507. The zero-order valence-corrected chi connectivity index (χ0v) is 9.13. The number of nitrogens with two attached hydrogens (primary N) is 1. The van der Waals surface area contributed by atoms with Gasteiger partial charge in [0.15, 0.2) is 0 Å². The standard InChI is InChI=1S/C12H13N3O2/c13-9(6-11(16)17)12-14-7-10(15-12)8-4-2-1-3-5-8/h1-5,7,9H,6,13H2,(H,14,15)(H,16,17)/t9-/m0/s1. The van der Waals surface area contributed by atoms with Crippen molar-refractivity contribution in [1.82, 2.24) is 9.97 Å². The number of carboxylic acids is 1. The number of hydrogen-bond acceptors (Lipinski definition) is 3. The van der Waals surface area contributed by atoms with E-state index in [-0.39, 0.29) is 6.42 Å². The minimum absolute atomic E-state index is 0.137. The van der Waals surface area contributed by atoms with Gasteiger partial charge in [0.25, 0.3) is 0 Å². The fraction of sp³-hybridized carbons (Fsp3) is 0.167. The van der Waals surface area contributed by atoms with Gasteiger partial charge in [-0.25, -0.2) is 4.98 Å². The molecule has 5 nitrogen and oxygen atoms in total. The molecule has 0 aliphatic heterocycles. The third-order valence-electron chi connectivity index (χ3n) is 2.43. The number of aliphatic carboxylic acids is 1. The maximum absolute atomic E-state index is 10.5. The SMILES string of the molecule is N[C@@H](CC(=O)O)c1ncc(-c2ccccc2)[nH]1. The number of H-pyrrole nitrogens is 1. The summed E-state index contributed by atoms with van der Waals surface area (Å²) in [5, 5.41) is 8.65. The van der Waals surface area contributed by atoms with Crippen LogP contribution in [-0.2, 0) is 4.79 Å². The molecule has 1 aromatic carbocycles. The van der Waals surface area contributed by atoms with Crippen LogP contribution in [0, 0.1) is 0 Å². The largest absolute Gasteiger partial charge is 0.481 e. The van der Waals surface area contributed by atoms with E-state index in [1.165, 1.54) is 0 Å². The van der Waals surface area contributed by atoms with Crippen molar-refractivity contribution in [1.29, 1.82) is 0 Å². The molecule has 88 valence electrons. The van der Waals surface area contributed by atoms with Crippen LogP contribution in [0.25, 0.3) is 11.3 Å². The minimum atomic E-state index is -0.935. The molecule has 0 spiro atoms. The molecule has 4 N–H and O–H groups in total. The number of nitrogens with one attached hydrogen (secondary N) is 1. The molecule has 0 aliphatic carbocycles. The predicted molar refractivity (Wildman–Crippen MR) is 63.2 cm³/mol. The molecule has 0 saturated carbocycles. The Morgan fingerprint density at radius 3 is 2.76 bits per heavy atom. The number of aromatic amines is 1. The first-order chi connectivity index (χ1) is 8.16. The van der Waals surface area contributed by atoms with E-state index in [9.17, 15) is 4.79 Å². The molecule has 1 atom stereocenters. The molecule has 0 saturated heterocycles. The second kappa shape index (κ2) is 4.80. The van der Waals surface area contributed by atoms with Gasteiger partial charge < -0.3 is 15.8 Å². The number of rotatable bonds is 4. The van der Waals surface area contributed by atoms with Crippen molar-refractivity contribution in [2.45, 2.75) is 12.5 Å². The third-order valence-corrected chi connectivity index (χ3v) is 2.43. The third kappa shape index (κ3) is 2.70. The van der Waals surface area contributed by atoms with Gasteiger partial charge in [0.05, 0.1) is 24.4 Å². The number of carboxylic acid groups (broad SMARTS) is 1. The van der Waals surface area contributed by atoms with E-state index < -0.39 is 12.0 Å². The van der Waals surface area contributed by atoms with Crippen LogP contribution in [-0.4, -0.2) is 21.0 Å². The summed E-state index contributed by atoms with van der Waals surface area (Å²) in [6.07, 6.45) is 1.52. The molecule has 0 aliphatic rings. The Morgan fingerprint density at radius 1 is 1.41 bits per heavy atom. The van der Waals surface area contributed by atoms with Gasteiger partial charge in [-0.05, 0) is 5.56 Å². The highest BCUT2D eigenvalue weighted by Gasteiger charge is 2.14. The van der Waals surface area contributed by atoms with Crippen LogP contribution in [0.2, 0.25) is 0 Å². The summed E-state index contributed by atoms with van der Waals surface area (Å²) in [6, 6.07) is 9.06. The topological polar surface area (TPSA) is 92.0 Å². The molecule has 0 fully saturated rings. The van der Waals surface area contributed by atoms with Crippen molar-refractivity contribution in [3.63, 3.8) is 0 Å². The lowest BCUT2D eigenvalue weighted by Crippen LogP contribution is -2.16. The van der Waals surface area contributed by atoms with Crippen molar-refractivity contribution in [2.24, 2.45) is 5.73 Å². The zero-order valence-electron chi connectivity index (χ0n) is 9.13. The minimum Gasteiger partial charge on any atom is -0.481 e. The fourth-order valence-electron chi connectivity index (χ4n) is 1.57. The number of carbonyl (C=O) groups is 1. The van der Waals surface area contributed by atoms with E-state index in [2.05, 4.69) is 9.97 Å². The van der Waals surface area contributed by atoms with E-state index in [0.717, 1.165) is 11.3 Å². The Kier molecular flexibility index (Phi) is 3.20. The molecule has 0 unspecified atom stereocenters. The summed E-state index contributed by atoms with van der Waals surface area (Å²) in [5.74, 6) is -0.443. The maximum atomic E-state index is 10.5. The highest BCUT2D eigenvalue weighted by molar-refractivity contribution is 5.67. The number of nitrogens with zero attached hydrogens (tertiary/aromatic N) is 1. The van der Waals surface area contributed by atoms with E-state index in [1.807, 2.05) is 30.3 Å². The molecule has 17 heavy (non-hydrogen) atoms. The molecule has 1 aromatic heterocycles. The second-order valence-corrected chi connectivity index (χ2v) is 3.75. The Morgan fingerprint density at radius 2 is 2.12 bits per heavy atom. The number of imidazole rings is 1. The van der Waals surface area contributed by atoms with Crippen molar-refractivity contribution in [2.75, 3.05) is 0 Å². The first kappa shape index (κ1) is 11.3. The van der Waals surface area contributed by atoms with E-state index in [4.69, 9.17) is 10.8 Å². The Balaban J connectivity index is 2.19. The van der Waals surface area contributed by atoms with Crippen molar-refractivity contribution in [3.8, 4) is 11.3 Å². The molecule has 0 bridgehead atoms. The van der Waals surface area contributed by atoms with Crippen LogP contribution in [0.4, 0.5) is 0 Å². The second-order valence-electron chi connectivity index (χ2n) is 3.75. The average molecular weight is 231 g/mol. The van der Waals surface area contributed by atoms with Crippen LogP contribution < -0.4 is 5.73 Å². The molecule has 0 amide bonds. The van der Waals surface area contributed by atoms with Gasteiger partial charge in [0.2, 0.25) is 0 Å². The van der Waals surface area contributed by atoms with E-state index in [1.54, 1.807) is 6.20 Å². The quantitative estimate of drug-likeness (QED) is 0.744. The first-order valence-corrected chi connectivity index (χ1v) is 5.24. The van der Waals surface area contributed by atoms with Gasteiger partial charge in [0, 0.05) is 0 Å². The summed E-state index contributed by atoms with van der Waals surface area (Å²) in [7, 11) is 0. The molecule has 2 rings (SSSR count). The molecule has 5 heteroatoms. The van der Waals surface area contributed by atoms with Gasteiger partial charge in [0.1, 0.15) is 5.82 Å². The lowest BCUT2D eigenvalue weighted by Gasteiger charge is -2.04. The Hall–Kier alpha value is -2.14. The van der Waals surface area contributed by atoms with Gasteiger partial charge in [-0.3, -0.25) is 4.79 Å². The Labute approximate surface area is 98.3 Å². The number of hydrogen-bond donors (Lipinski definition) is 3. The smallest absolute Gasteiger partial charge is 0.305 e. The summed E-state index contributed by atoms with van der Waals surface area (Å²) in [6.45, 7) is 0. The molecule has 0 radical (unpaired) electrons. The summed E-state index contributed by atoms with van der Waals surface area (Å²) in [4.78, 5) is 17.7. The van der Waals surface area contributed by atoms with Gasteiger partial charge in [-0.2, -0.15) is 0 Å². The summed E-state index contributed by atoms with van der Waals surface area (Å²) < 4.78 is 0. The van der Waals surface area contributed by atoms with Gasteiger partial charge >= 0.3 is 5.97 Å². The first-order valence-electron chi connectivity index (χ1n) is 5.24. The lowest BCUT2D eigenvalue weighted by atomic mass is 10.2. The summed E-state index contributed by atoms with van der Waals surface area (Å²) >= 11 is 0. The predicted octanol–water partition coefficient (Wildman–Crippen LogP) is 1.55. The molecular weight excluding hydrogens is 218 g/mol. The van der Waals surface area contributed by atoms with Crippen LogP contribution in [0.5, 0.6) is 0 Å². The zero-order chi connectivity index (χ0) is 12.3. The van der Waals surface area contributed by atoms with Crippen molar-refractivity contribution < 1.29 is 9.90 Å². The van der Waals surface area contributed by atoms with Gasteiger partial charge in [-0.1, -0.05) is 30.3 Å². The van der Waals surface area contributed by atoms with Gasteiger partial charge in [-0.15, -0.1) is 0 Å². The van der Waals surface area contributed by atoms with Crippen LogP contribution >= 0.6 is 0 Å².